The summed E-state index contributed by atoms with van der Waals surface area (Å²) in [5.41, 5.74) is 1.19. The van der Waals surface area contributed by atoms with Crippen LogP contribution < -0.4 is 5.32 Å². The van der Waals surface area contributed by atoms with Gasteiger partial charge in [-0.05, 0) is 50.9 Å². The van der Waals surface area contributed by atoms with Crippen molar-refractivity contribution in [3.63, 3.8) is 0 Å². The van der Waals surface area contributed by atoms with Crippen LogP contribution in [0.15, 0.2) is 24.3 Å². The predicted molar refractivity (Wildman–Crippen MR) is 73.2 cm³/mol. The number of likely N-dealkylation sites (N-methyl/N-ethyl adjacent to an activating group) is 1. The van der Waals surface area contributed by atoms with Crippen LogP contribution in [0.3, 0.4) is 0 Å². The zero-order valence-electron chi connectivity index (χ0n) is 11.3. The van der Waals surface area contributed by atoms with E-state index in [9.17, 15) is 4.39 Å². The molecule has 0 spiro atoms. The lowest BCUT2D eigenvalue weighted by Gasteiger charge is -2.19. The molecule has 2 nitrogen and oxygen atoms in total. The number of halogens is 1. The fraction of sp³-hybridized carbons (Fsp3) is 0.600. The average molecular weight is 250 g/mol. The summed E-state index contributed by atoms with van der Waals surface area (Å²) in [6, 6.07) is 8.06. The molecule has 0 radical (unpaired) electrons. The summed E-state index contributed by atoms with van der Waals surface area (Å²) in [7, 11) is 2.20. The van der Waals surface area contributed by atoms with Gasteiger partial charge in [-0.15, -0.1) is 0 Å². The van der Waals surface area contributed by atoms with E-state index < -0.39 is 0 Å². The summed E-state index contributed by atoms with van der Waals surface area (Å²) >= 11 is 0. The normalized spacial score (nSPS) is 17.1. The van der Waals surface area contributed by atoms with E-state index in [0.29, 0.717) is 6.04 Å². The van der Waals surface area contributed by atoms with E-state index in [1.165, 1.54) is 30.5 Å². The van der Waals surface area contributed by atoms with Crippen LogP contribution in [0.2, 0.25) is 0 Å². The first-order valence-electron chi connectivity index (χ1n) is 6.83. The fourth-order valence-corrected chi connectivity index (χ4v) is 2.23. The first kappa shape index (κ1) is 13.5. The zero-order valence-corrected chi connectivity index (χ0v) is 11.3. The van der Waals surface area contributed by atoms with Crippen LogP contribution in [0.5, 0.6) is 0 Å². The van der Waals surface area contributed by atoms with Gasteiger partial charge in [-0.25, -0.2) is 4.39 Å². The summed E-state index contributed by atoms with van der Waals surface area (Å²) in [4.78, 5) is 2.43. The number of hydrogen-bond acceptors (Lipinski definition) is 2. The molecule has 1 aromatic rings. The molecule has 1 aromatic carbocycles. The number of rotatable bonds is 7. The second-order valence-electron chi connectivity index (χ2n) is 5.40. The highest BCUT2D eigenvalue weighted by Gasteiger charge is 2.25. The molecule has 0 amide bonds. The average Bonchev–Trinajstić information content (AvgIpc) is 3.16. The second-order valence-corrected chi connectivity index (χ2v) is 5.40. The van der Waals surface area contributed by atoms with Gasteiger partial charge in [0.15, 0.2) is 0 Å². The van der Waals surface area contributed by atoms with Crippen molar-refractivity contribution in [1.29, 1.82) is 0 Å². The quantitative estimate of drug-likeness (QED) is 0.799. The lowest BCUT2D eigenvalue weighted by molar-refractivity contribution is 0.315. The molecule has 1 atom stereocenters. The summed E-state index contributed by atoms with van der Waals surface area (Å²) in [6.45, 7) is 4.31. The molecule has 18 heavy (non-hydrogen) atoms. The van der Waals surface area contributed by atoms with Gasteiger partial charge in [-0.3, -0.25) is 0 Å². The van der Waals surface area contributed by atoms with Gasteiger partial charge >= 0.3 is 0 Å². The Bertz CT molecular complexity index is 359. The molecule has 1 aliphatic rings. The zero-order chi connectivity index (χ0) is 13.0. The predicted octanol–water partition coefficient (Wildman–Crippen LogP) is 2.44. The maximum absolute atomic E-state index is 12.8. The Kier molecular flexibility index (Phi) is 4.72. The number of nitrogens with one attached hydrogen (secondary N) is 1. The maximum Gasteiger partial charge on any atom is 0.123 e. The molecule has 3 heteroatoms. The van der Waals surface area contributed by atoms with Crippen LogP contribution in [0.25, 0.3) is 0 Å². The third-order valence-corrected chi connectivity index (χ3v) is 3.58. The lowest BCUT2D eigenvalue weighted by atomic mass is 10.1. The van der Waals surface area contributed by atoms with Crippen molar-refractivity contribution in [1.82, 2.24) is 10.2 Å². The smallest absolute Gasteiger partial charge is 0.123 e. The summed E-state index contributed by atoms with van der Waals surface area (Å²) in [6.07, 6.45) is 3.68. The molecular formula is C15H23FN2. The third kappa shape index (κ3) is 4.39. The molecule has 1 unspecified atom stereocenters. The van der Waals surface area contributed by atoms with Crippen molar-refractivity contribution in [2.24, 2.45) is 0 Å². The van der Waals surface area contributed by atoms with Crippen LogP contribution in [-0.2, 0) is 6.42 Å². The third-order valence-electron chi connectivity index (χ3n) is 3.58. The van der Waals surface area contributed by atoms with Crippen LogP contribution in [0.1, 0.15) is 25.3 Å². The van der Waals surface area contributed by atoms with Gasteiger partial charge in [0.05, 0.1) is 0 Å². The summed E-state index contributed by atoms with van der Waals surface area (Å²) in [5.74, 6) is -0.162. The summed E-state index contributed by atoms with van der Waals surface area (Å²) in [5, 5.41) is 3.52. The van der Waals surface area contributed by atoms with Crippen LogP contribution in [0.4, 0.5) is 4.39 Å². The van der Waals surface area contributed by atoms with E-state index in [-0.39, 0.29) is 5.82 Å². The van der Waals surface area contributed by atoms with E-state index in [2.05, 4.69) is 24.2 Å². The Morgan fingerprint density at radius 2 is 2.00 bits per heavy atom. The highest BCUT2D eigenvalue weighted by Crippen LogP contribution is 2.24. The minimum absolute atomic E-state index is 0.162. The van der Waals surface area contributed by atoms with Gasteiger partial charge in [0.25, 0.3) is 0 Å². The highest BCUT2D eigenvalue weighted by atomic mass is 19.1. The van der Waals surface area contributed by atoms with Crippen LogP contribution in [0, 0.1) is 5.82 Å². The maximum atomic E-state index is 12.8. The molecule has 1 aliphatic carbocycles. The summed E-state index contributed by atoms with van der Waals surface area (Å²) < 4.78 is 12.8. The highest BCUT2D eigenvalue weighted by molar-refractivity contribution is 5.16. The molecule has 1 fully saturated rings. The minimum atomic E-state index is -0.162. The molecule has 2 rings (SSSR count). The van der Waals surface area contributed by atoms with Gasteiger partial charge < -0.3 is 10.2 Å². The van der Waals surface area contributed by atoms with Crippen molar-refractivity contribution in [3.8, 4) is 0 Å². The Morgan fingerprint density at radius 1 is 1.33 bits per heavy atom. The molecule has 1 saturated carbocycles. The molecule has 0 aliphatic heterocycles. The Labute approximate surface area is 109 Å². The van der Waals surface area contributed by atoms with Gasteiger partial charge in [0.2, 0.25) is 0 Å². The number of hydrogen-bond donors (Lipinski definition) is 1. The molecule has 100 valence electrons. The van der Waals surface area contributed by atoms with Gasteiger partial charge in [-0.1, -0.05) is 12.1 Å². The molecule has 0 aromatic heterocycles. The molecule has 0 saturated heterocycles. The standard InChI is InChI=1S/C15H23FN2/c1-12(11-13-3-5-14(16)6-4-13)17-9-10-18(2)15-7-8-15/h3-6,12,15,17H,7-11H2,1-2H3. The van der Waals surface area contributed by atoms with Crippen molar-refractivity contribution in [3.05, 3.63) is 35.6 Å². The Morgan fingerprint density at radius 3 is 2.61 bits per heavy atom. The van der Waals surface area contributed by atoms with E-state index >= 15 is 0 Å². The fourth-order valence-electron chi connectivity index (χ4n) is 2.23. The first-order valence-corrected chi connectivity index (χ1v) is 6.83. The van der Waals surface area contributed by atoms with Crippen LogP contribution in [-0.4, -0.2) is 37.1 Å². The molecule has 0 bridgehead atoms. The van der Waals surface area contributed by atoms with E-state index in [1.807, 2.05) is 12.1 Å². The van der Waals surface area contributed by atoms with Crippen molar-refractivity contribution in [2.45, 2.75) is 38.3 Å². The largest absolute Gasteiger partial charge is 0.313 e. The molecule has 0 heterocycles. The topological polar surface area (TPSA) is 15.3 Å². The van der Waals surface area contributed by atoms with E-state index in [0.717, 1.165) is 25.6 Å². The number of benzene rings is 1. The van der Waals surface area contributed by atoms with Gasteiger partial charge in [-0.2, -0.15) is 0 Å². The van der Waals surface area contributed by atoms with Crippen molar-refractivity contribution < 1.29 is 4.39 Å². The molecular weight excluding hydrogens is 227 g/mol. The Balaban J connectivity index is 1.65. The number of nitrogens with zero attached hydrogens (tertiary/aromatic N) is 1. The van der Waals surface area contributed by atoms with E-state index in [4.69, 9.17) is 0 Å². The molecule has 1 N–H and O–H groups in total. The van der Waals surface area contributed by atoms with E-state index in [1.54, 1.807) is 0 Å². The van der Waals surface area contributed by atoms with Crippen molar-refractivity contribution in [2.75, 3.05) is 20.1 Å². The first-order chi connectivity index (χ1) is 8.65. The van der Waals surface area contributed by atoms with Crippen LogP contribution >= 0.6 is 0 Å². The van der Waals surface area contributed by atoms with Gasteiger partial charge in [0.1, 0.15) is 5.82 Å². The lowest BCUT2D eigenvalue weighted by Crippen LogP contribution is -2.36. The van der Waals surface area contributed by atoms with Crippen molar-refractivity contribution >= 4 is 0 Å². The van der Waals surface area contributed by atoms with Gasteiger partial charge in [0, 0.05) is 25.2 Å². The Hall–Kier alpha value is -0.930. The second kappa shape index (κ2) is 6.30. The monoisotopic (exact) mass is 250 g/mol. The SMILES string of the molecule is CC(Cc1ccc(F)cc1)NCCN(C)C1CC1. The minimum Gasteiger partial charge on any atom is -0.313 e.